The zero-order valence-electron chi connectivity index (χ0n) is 6.94. The second-order valence-corrected chi connectivity index (χ2v) is 3.10. The van der Waals surface area contributed by atoms with Crippen molar-refractivity contribution in [3.8, 4) is 5.75 Å². The first-order valence-electron chi connectivity index (χ1n) is 4.37. The molecule has 1 aliphatic carbocycles. The summed E-state index contributed by atoms with van der Waals surface area (Å²) < 4.78 is 5.65. The fourth-order valence-electron chi connectivity index (χ4n) is 1.54. The van der Waals surface area contributed by atoms with Crippen molar-refractivity contribution in [2.75, 3.05) is 0 Å². The van der Waals surface area contributed by atoms with E-state index in [-0.39, 0.29) is 0 Å². The molecular weight excluding hydrogens is 152 g/mol. The van der Waals surface area contributed by atoms with Crippen molar-refractivity contribution in [2.24, 2.45) is 0 Å². The highest BCUT2D eigenvalue weighted by molar-refractivity contribution is 5.10. The first-order chi connectivity index (χ1) is 5.95. The maximum absolute atomic E-state index is 5.65. The van der Waals surface area contributed by atoms with Gasteiger partial charge in [-0.1, -0.05) is 0 Å². The largest absolute Gasteiger partial charge is 0.487 e. The van der Waals surface area contributed by atoms with E-state index in [2.05, 4.69) is 9.97 Å². The van der Waals surface area contributed by atoms with Crippen LogP contribution in [0.25, 0.3) is 0 Å². The second-order valence-electron chi connectivity index (χ2n) is 3.10. The maximum Gasteiger partial charge on any atom is 0.156 e. The van der Waals surface area contributed by atoms with Gasteiger partial charge in [0.25, 0.3) is 0 Å². The minimum atomic E-state index is 0.399. The highest BCUT2D eigenvalue weighted by Crippen LogP contribution is 2.22. The Morgan fingerprint density at radius 1 is 1.17 bits per heavy atom. The van der Waals surface area contributed by atoms with E-state index in [0.717, 1.165) is 5.75 Å². The van der Waals surface area contributed by atoms with E-state index in [4.69, 9.17) is 4.74 Å². The first kappa shape index (κ1) is 7.53. The van der Waals surface area contributed by atoms with Gasteiger partial charge in [-0.15, -0.1) is 0 Å². The van der Waals surface area contributed by atoms with Gasteiger partial charge in [0.15, 0.2) is 5.75 Å². The van der Waals surface area contributed by atoms with Crippen molar-refractivity contribution in [1.29, 1.82) is 0 Å². The zero-order valence-corrected chi connectivity index (χ0v) is 6.94. The summed E-state index contributed by atoms with van der Waals surface area (Å²) in [6.45, 7) is 0. The molecule has 1 aromatic heterocycles. The van der Waals surface area contributed by atoms with Crippen LogP contribution in [-0.2, 0) is 0 Å². The SMILES string of the molecule is c1ncc(OC2CCCC2)cn1. The van der Waals surface area contributed by atoms with Crippen LogP contribution >= 0.6 is 0 Å². The van der Waals surface area contributed by atoms with E-state index in [9.17, 15) is 0 Å². The van der Waals surface area contributed by atoms with Gasteiger partial charge in [0.2, 0.25) is 0 Å². The van der Waals surface area contributed by atoms with Crippen LogP contribution in [0.15, 0.2) is 18.7 Å². The van der Waals surface area contributed by atoms with Crippen molar-refractivity contribution in [1.82, 2.24) is 9.97 Å². The average Bonchev–Trinajstić information content (AvgIpc) is 2.59. The minimum Gasteiger partial charge on any atom is -0.487 e. The quantitative estimate of drug-likeness (QED) is 0.668. The Bertz CT molecular complexity index is 232. The molecule has 0 unspecified atom stereocenters. The van der Waals surface area contributed by atoms with Crippen molar-refractivity contribution in [2.45, 2.75) is 31.8 Å². The molecule has 1 saturated carbocycles. The third-order valence-electron chi connectivity index (χ3n) is 2.14. The molecule has 0 radical (unpaired) electrons. The molecule has 3 heteroatoms. The van der Waals surface area contributed by atoms with Gasteiger partial charge in [0.05, 0.1) is 18.5 Å². The Morgan fingerprint density at radius 3 is 2.50 bits per heavy atom. The molecule has 0 amide bonds. The molecule has 12 heavy (non-hydrogen) atoms. The number of rotatable bonds is 2. The highest BCUT2D eigenvalue weighted by Gasteiger charge is 2.16. The van der Waals surface area contributed by atoms with Gasteiger partial charge in [-0.05, 0) is 25.7 Å². The van der Waals surface area contributed by atoms with E-state index >= 15 is 0 Å². The summed E-state index contributed by atoms with van der Waals surface area (Å²) >= 11 is 0. The summed E-state index contributed by atoms with van der Waals surface area (Å²) in [7, 11) is 0. The van der Waals surface area contributed by atoms with E-state index in [1.54, 1.807) is 12.4 Å². The number of aromatic nitrogens is 2. The number of ether oxygens (including phenoxy) is 1. The van der Waals surface area contributed by atoms with Crippen LogP contribution in [0.1, 0.15) is 25.7 Å². The molecule has 1 fully saturated rings. The van der Waals surface area contributed by atoms with Crippen LogP contribution in [0.5, 0.6) is 5.75 Å². The van der Waals surface area contributed by atoms with Gasteiger partial charge in [-0.25, -0.2) is 9.97 Å². The highest BCUT2D eigenvalue weighted by atomic mass is 16.5. The fourth-order valence-corrected chi connectivity index (χ4v) is 1.54. The summed E-state index contributed by atoms with van der Waals surface area (Å²) in [6, 6.07) is 0. The summed E-state index contributed by atoms with van der Waals surface area (Å²) in [6.07, 6.45) is 10.3. The molecule has 1 aliphatic rings. The summed E-state index contributed by atoms with van der Waals surface area (Å²) in [4.78, 5) is 7.78. The number of hydrogen-bond donors (Lipinski definition) is 0. The molecule has 1 heterocycles. The molecule has 0 aliphatic heterocycles. The average molecular weight is 164 g/mol. The van der Waals surface area contributed by atoms with Gasteiger partial charge in [-0.2, -0.15) is 0 Å². The van der Waals surface area contributed by atoms with Crippen LogP contribution < -0.4 is 4.74 Å². The standard InChI is InChI=1S/C9H12N2O/c1-2-4-8(3-1)12-9-5-10-7-11-6-9/h5-8H,1-4H2. The molecule has 2 rings (SSSR count). The van der Waals surface area contributed by atoms with Gasteiger partial charge in [-0.3, -0.25) is 0 Å². The molecule has 0 N–H and O–H groups in total. The first-order valence-corrected chi connectivity index (χ1v) is 4.37. The molecule has 0 bridgehead atoms. The van der Waals surface area contributed by atoms with Gasteiger partial charge in [0, 0.05) is 0 Å². The summed E-state index contributed by atoms with van der Waals surface area (Å²) in [5.41, 5.74) is 0. The van der Waals surface area contributed by atoms with E-state index < -0.39 is 0 Å². The number of nitrogens with zero attached hydrogens (tertiary/aromatic N) is 2. The van der Waals surface area contributed by atoms with Crippen LogP contribution in [0.4, 0.5) is 0 Å². The van der Waals surface area contributed by atoms with Gasteiger partial charge < -0.3 is 4.74 Å². The Morgan fingerprint density at radius 2 is 1.83 bits per heavy atom. The molecule has 0 aromatic carbocycles. The molecular formula is C9H12N2O. The van der Waals surface area contributed by atoms with Crippen molar-refractivity contribution >= 4 is 0 Å². The lowest BCUT2D eigenvalue weighted by Crippen LogP contribution is -2.10. The van der Waals surface area contributed by atoms with Crippen LogP contribution in [0, 0.1) is 0 Å². The lowest BCUT2D eigenvalue weighted by molar-refractivity contribution is 0.208. The summed E-state index contributed by atoms with van der Waals surface area (Å²) in [5, 5.41) is 0. The van der Waals surface area contributed by atoms with E-state index in [0.29, 0.717) is 6.10 Å². The minimum absolute atomic E-state index is 0.399. The Hall–Kier alpha value is -1.12. The Labute approximate surface area is 71.8 Å². The topological polar surface area (TPSA) is 35.0 Å². The monoisotopic (exact) mass is 164 g/mol. The fraction of sp³-hybridized carbons (Fsp3) is 0.556. The van der Waals surface area contributed by atoms with Crippen molar-refractivity contribution < 1.29 is 4.74 Å². The van der Waals surface area contributed by atoms with Crippen molar-refractivity contribution in [3.63, 3.8) is 0 Å². The maximum atomic E-state index is 5.65. The lowest BCUT2D eigenvalue weighted by atomic mass is 10.3. The van der Waals surface area contributed by atoms with Gasteiger partial charge >= 0.3 is 0 Å². The normalized spacial score (nSPS) is 18.0. The van der Waals surface area contributed by atoms with E-state index in [1.165, 1.54) is 32.0 Å². The third-order valence-corrected chi connectivity index (χ3v) is 2.14. The Kier molecular flexibility index (Phi) is 2.21. The lowest BCUT2D eigenvalue weighted by Gasteiger charge is -2.11. The summed E-state index contributed by atoms with van der Waals surface area (Å²) in [5.74, 6) is 0.796. The number of hydrogen-bond acceptors (Lipinski definition) is 3. The van der Waals surface area contributed by atoms with Crippen molar-refractivity contribution in [3.05, 3.63) is 18.7 Å². The predicted molar refractivity (Wildman–Crippen MR) is 44.9 cm³/mol. The molecule has 0 saturated heterocycles. The van der Waals surface area contributed by atoms with Crippen LogP contribution in [0.2, 0.25) is 0 Å². The van der Waals surface area contributed by atoms with Crippen LogP contribution in [0.3, 0.4) is 0 Å². The van der Waals surface area contributed by atoms with Crippen LogP contribution in [-0.4, -0.2) is 16.1 Å². The smallest absolute Gasteiger partial charge is 0.156 e. The second kappa shape index (κ2) is 3.52. The van der Waals surface area contributed by atoms with Gasteiger partial charge in [0.1, 0.15) is 6.33 Å². The van der Waals surface area contributed by atoms with E-state index in [1.807, 2.05) is 0 Å². The molecule has 1 aromatic rings. The predicted octanol–water partition coefficient (Wildman–Crippen LogP) is 1.80. The molecule has 64 valence electrons. The zero-order chi connectivity index (χ0) is 8.23. The Balaban J connectivity index is 1.94. The molecule has 0 atom stereocenters. The molecule has 3 nitrogen and oxygen atoms in total. The third kappa shape index (κ3) is 1.72. The molecule has 0 spiro atoms.